The molecule has 218 valence electrons. The molecular formula is C30H22F2N4O7. The van der Waals surface area contributed by atoms with Crippen molar-refractivity contribution in [2.24, 2.45) is 0 Å². The molecule has 0 fully saturated rings. The number of pyridine rings is 1. The Kier molecular flexibility index (Phi) is 7.20. The van der Waals surface area contributed by atoms with Crippen LogP contribution in [0.2, 0.25) is 0 Å². The van der Waals surface area contributed by atoms with Gasteiger partial charge in [0.05, 0.1) is 17.4 Å². The predicted molar refractivity (Wildman–Crippen MR) is 151 cm³/mol. The number of carbonyl (C=O) groups is 1. The number of aromatic nitrogens is 3. The van der Waals surface area contributed by atoms with Gasteiger partial charge in [-0.05, 0) is 55.5 Å². The molecule has 0 bridgehead atoms. The van der Waals surface area contributed by atoms with E-state index in [1.165, 1.54) is 30.5 Å². The van der Waals surface area contributed by atoms with Gasteiger partial charge in [-0.3, -0.25) is 19.7 Å². The summed E-state index contributed by atoms with van der Waals surface area (Å²) in [4.78, 5) is 42.8. The lowest BCUT2D eigenvalue weighted by Crippen LogP contribution is -2.39. The first-order chi connectivity index (χ1) is 20.8. The van der Waals surface area contributed by atoms with Gasteiger partial charge in [-0.2, -0.15) is 0 Å². The van der Waals surface area contributed by atoms with Crippen LogP contribution in [-0.2, 0) is 6.54 Å². The van der Waals surface area contributed by atoms with E-state index in [9.17, 15) is 18.8 Å². The Bertz CT molecular complexity index is 1990. The SMILES string of the molecule is CCn1cc(OC(=O)Nc2ccc(Oc3ccnc4cc5c(cc34)OCCO5)c(F)c2)c(=O)n(-c2ccc(F)cc2)c1=O. The van der Waals surface area contributed by atoms with Crippen LogP contribution in [0, 0.1) is 11.6 Å². The lowest BCUT2D eigenvalue weighted by molar-refractivity contribution is 0.172. The molecule has 13 heteroatoms. The first kappa shape index (κ1) is 27.4. The molecule has 1 amide bonds. The third kappa shape index (κ3) is 5.47. The maximum absolute atomic E-state index is 15.1. The summed E-state index contributed by atoms with van der Waals surface area (Å²) < 4.78 is 52.6. The fourth-order valence-electron chi connectivity index (χ4n) is 4.46. The molecule has 0 aliphatic carbocycles. The summed E-state index contributed by atoms with van der Waals surface area (Å²) >= 11 is 0. The van der Waals surface area contributed by atoms with Gasteiger partial charge in [0, 0.05) is 35.9 Å². The van der Waals surface area contributed by atoms with Gasteiger partial charge in [-0.1, -0.05) is 0 Å². The van der Waals surface area contributed by atoms with E-state index in [2.05, 4.69) is 10.3 Å². The van der Waals surface area contributed by atoms with E-state index >= 15 is 4.39 Å². The first-order valence-electron chi connectivity index (χ1n) is 13.1. The second-order valence-electron chi connectivity index (χ2n) is 9.26. The molecule has 6 rings (SSSR count). The molecule has 1 N–H and O–H groups in total. The fraction of sp³-hybridized carbons (Fsp3) is 0.133. The summed E-state index contributed by atoms with van der Waals surface area (Å²) in [5, 5.41) is 2.93. The van der Waals surface area contributed by atoms with Crippen molar-refractivity contribution in [1.82, 2.24) is 14.1 Å². The third-order valence-corrected chi connectivity index (χ3v) is 6.52. The van der Waals surface area contributed by atoms with Crippen molar-refractivity contribution in [2.75, 3.05) is 18.5 Å². The van der Waals surface area contributed by atoms with Crippen molar-refractivity contribution < 1.29 is 32.5 Å². The molecule has 1 aliphatic rings. The van der Waals surface area contributed by atoms with Gasteiger partial charge >= 0.3 is 17.3 Å². The number of rotatable bonds is 6. The highest BCUT2D eigenvalue weighted by Crippen LogP contribution is 2.39. The summed E-state index contributed by atoms with van der Waals surface area (Å²) in [5.74, 6) is -0.541. The molecule has 0 atom stereocenters. The Morgan fingerprint density at radius 2 is 1.70 bits per heavy atom. The monoisotopic (exact) mass is 588 g/mol. The Balaban J connectivity index is 1.21. The predicted octanol–water partition coefficient (Wildman–Crippen LogP) is 5.02. The van der Waals surface area contributed by atoms with Gasteiger partial charge in [0.1, 0.15) is 24.8 Å². The average Bonchev–Trinajstić information content (AvgIpc) is 3.00. The molecule has 43 heavy (non-hydrogen) atoms. The smallest absolute Gasteiger partial charge is 0.417 e. The third-order valence-electron chi connectivity index (χ3n) is 6.52. The number of nitrogens with zero attached hydrogens (tertiary/aromatic N) is 3. The molecule has 2 aromatic heterocycles. The molecule has 3 aromatic carbocycles. The molecular weight excluding hydrogens is 566 g/mol. The number of fused-ring (bicyclic) bond motifs is 2. The number of hydrogen-bond acceptors (Lipinski definition) is 8. The number of ether oxygens (including phenoxy) is 4. The summed E-state index contributed by atoms with van der Waals surface area (Å²) in [6.07, 6.45) is 1.50. The van der Waals surface area contributed by atoms with Crippen LogP contribution in [0.5, 0.6) is 28.7 Å². The second kappa shape index (κ2) is 11.3. The van der Waals surface area contributed by atoms with Gasteiger partial charge in [0.2, 0.25) is 5.75 Å². The van der Waals surface area contributed by atoms with Crippen LogP contribution >= 0.6 is 0 Å². The van der Waals surface area contributed by atoms with Crippen molar-refractivity contribution in [1.29, 1.82) is 0 Å². The number of aryl methyl sites for hydroxylation is 1. The van der Waals surface area contributed by atoms with Crippen LogP contribution < -0.4 is 35.5 Å². The number of anilines is 1. The van der Waals surface area contributed by atoms with Crippen LogP contribution in [0.15, 0.2) is 82.6 Å². The highest BCUT2D eigenvalue weighted by molar-refractivity contribution is 5.89. The Morgan fingerprint density at radius 3 is 2.42 bits per heavy atom. The zero-order valence-corrected chi connectivity index (χ0v) is 22.5. The molecule has 1 aliphatic heterocycles. The molecule has 0 saturated carbocycles. The number of hydrogen-bond donors (Lipinski definition) is 1. The highest BCUT2D eigenvalue weighted by Gasteiger charge is 2.19. The summed E-state index contributed by atoms with van der Waals surface area (Å²) in [7, 11) is 0. The largest absolute Gasteiger partial charge is 0.486 e. The van der Waals surface area contributed by atoms with E-state index < -0.39 is 34.7 Å². The van der Waals surface area contributed by atoms with Crippen LogP contribution in [0.3, 0.4) is 0 Å². The zero-order valence-electron chi connectivity index (χ0n) is 22.5. The minimum atomic E-state index is -1.11. The fourth-order valence-corrected chi connectivity index (χ4v) is 4.46. The van der Waals surface area contributed by atoms with E-state index in [4.69, 9.17) is 18.9 Å². The number of benzene rings is 3. The molecule has 0 radical (unpaired) electrons. The van der Waals surface area contributed by atoms with E-state index in [1.54, 1.807) is 25.1 Å². The lowest BCUT2D eigenvalue weighted by Gasteiger charge is -2.19. The maximum Gasteiger partial charge on any atom is 0.417 e. The van der Waals surface area contributed by atoms with Gasteiger partial charge < -0.3 is 18.9 Å². The van der Waals surface area contributed by atoms with Gasteiger partial charge in [0.25, 0.3) is 0 Å². The Hall–Kier alpha value is -5.72. The van der Waals surface area contributed by atoms with Crippen LogP contribution in [-0.4, -0.2) is 33.4 Å². The van der Waals surface area contributed by atoms with Crippen molar-refractivity contribution in [3.05, 3.63) is 106 Å². The number of halogens is 2. The van der Waals surface area contributed by atoms with Gasteiger partial charge in [-0.25, -0.2) is 22.9 Å². The lowest BCUT2D eigenvalue weighted by atomic mass is 10.1. The molecule has 3 heterocycles. The van der Waals surface area contributed by atoms with Crippen LogP contribution in [0.25, 0.3) is 16.6 Å². The molecule has 0 spiro atoms. The average molecular weight is 589 g/mol. The van der Waals surface area contributed by atoms with Crippen LogP contribution in [0.1, 0.15) is 6.92 Å². The normalized spacial score (nSPS) is 12.2. The van der Waals surface area contributed by atoms with E-state index in [0.717, 1.165) is 33.5 Å². The minimum Gasteiger partial charge on any atom is -0.486 e. The summed E-state index contributed by atoms with van der Waals surface area (Å²) in [5.41, 5.74) is -0.973. The number of carbonyl (C=O) groups excluding carboxylic acids is 1. The molecule has 0 saturated heterocycles. The zero-order chi connectivity index (χ0) is 30.1. The van der Waals surface area contributed by atoms with Crippen molar-refractivity contribution in [3.8, 4) is 34.4 Å². The Labute approximate surface area is 241 Å². The molecule has 5 aromatic rings. The summed E-state index contributed by atoms with van der Waals surface area (Å²) in [6, 6.07) is 13.4. The van der Waals surface area contributed by atoms with Crippen molar-refractivity contribution >= 4 is 22.7 Å². The number of nitrogens with one attached hydrogen (secondary N) is 1. The highest BCUT2D eigenvalue weighted by atomic mass is 19.1. The molecule has 0 unspecified atom stereocenters. The standard InChI is InChI=1S/C30H22F2N4O7/c1-2-35-16-27(28(37)36(30(35)39)19-6-3-17(31)4-7-19)43-29(38)34-18-5-8-24(21(32)13-18)42-23-9-10-33-22-15-26-25(14-20(22)23)40-11-12-41-26/h3-10,13-16H,2,11-12H2,1H3,(H,34,38). The van der Waals surface area contributed by atoms with Crippen molar-refractivity contribution in [3.63, 3.8) is 0 Å². The van der Waals surface area contributed by atoms with E-state index in [-0.39, 0.29) is 23.7 Å². The topological polar surface area (TPSA) is 123 Å². The van der Waals surface area contributed by atoms with Crippen molar-refractivity contribution in [2.45, 2.75) is 13.5 Å². The second-order valence-corrected chi connectivity index (χ2v) is 9.26. The maximum atomic E-state index is 15.1. The van der Waals surface area contributed by atoms with Gasteiger partial charge in [0.15, 0.2) is 23.1 Å². The van der Waals surface area contributed by atoms with E-state index in [1.807, 2.05) is 0 Å². The van der Waals surface area contributed by atoms with E-state index in [0.29, 0.717) is 41.4 Å². The minimum absolute atomic E-state index is 0.0109. The molecule has 11 nitrogen and oxygen atoms in total. The quantitative estimate of drug-likeness (QED) is 0.294. The van der Waals surface area contributed by atoms with Gasteiger partial charge in [-0.15, -0.1) is 0 Å². The first-order valence-corrected chi connectivity index (χ1v) is 13.1. The summed E-state index contributed by atoms with van der Waals surface area (Å²) in [6.45, 7) is 2.63. The Morgan fingerprint density at radius 1 is 0.953 bits per heavy atom. The number of amides is 1. The van der Waals surface area contributed by atoms with Crippen LogP contribution in [0.4, 0.5) is 19.3 Å².